The molecular weight excluding hydrogens is 232 g/mol. The molecule has 0 aromatic heterocycles. The van der Waals surface area contributed by atoms with Crippen molar-refractivity contribution in [1.82, 2.24) is 10.6 Å². The van der Waals surface area contributed by atoms with Gasteiger partial charge in [0, 0.05) is 13.7 Å². The molecule has 8 heteroatoms. The lowest BCUT2D eigenvalue weighted by Crippen LogP contribution is -2.42. The molecule has 3 amide bonds. The van der Waals surface area contributed by atoms with E-state index in [2.05, 4.69) is 14.8 Å². The van der Waals surface area contributed by atoms with Crippen molar-refractivity contribution in [2.45, 2.75) is 13.0 Å². The van der Waals surface area contributed by atoms with E-state index in [0.29, 0.717) is 6.61 Å². The minimum absolute atomic E-state index is 0.266. The number of amides is 3. The SMILES string of the molecule is COCCNC(=O)NC(=O)CO[C@H](C)C(=O)O. The number of carboxylic acids is 1. The summed E-state index contributed by atoms with van der Waals surface area (Å²) in [6.45, 7) is 1.38. The normalized spacial score (nSPS) is 11.6. The largest absolute Gasteiger partial charge is 0.479 e. The van der Waals surface area contributed by atoms with E-state index >= 15 is 0 Å². The van der Waals surface area contributed by atoms with Crippen LogP contribution in [0.2, 0.25) is 0 Å². The summed E-state index contributed by atoms with van der Waals surface area (Å²) < 4.78 is 9.36. The molecule has 0 heterocycles. The molecule has 0 radical (unpaired) electrons. The highest BCUT2D eigenvalue weighted by Crippen LogP contribution is 1.89. The predicted molar refractivity (Wildman–Crippen MR) is 56.5 cm³/mol. The van der Waals surface area contributed by atoms with Gasteiger partial charge in [-0.3, -0.25) is 10.1 Å². The average molecular weight is 248 g/mol. The van der Waals surface area contributed by atoms with Crippen LogP contribution in [0.3, 0.4) is 0 Å². The number of hydrogen-bond donors (Lipinski definition) is 3. The van der Waals surface area contributed by atoms with Crippen LogP contribution in [0.25, 0.3) is 0 Å². The molecule has 0 aliphatic heterocycles. The zero-order chi connectivity index (χ0) is 13.3. The topological polar surface area (TPSA) is 114 Å². The Morgan fingerprint density at radius 3 is 2.53 bits per heavy atom. The fourth-order valence-corrected chi connectivity index (χ4v) is 0.746. The Kier molecular flexibility index (Phi) is 7.65. The number of aliphatic carboxylic acids is 1. The number of ether oxygens (including phenoxy) is 2. The second-order valence-corrected chi connectivity index (χ2v) is 3.09. The Balaban J connectivity index is 3.71. The first-order chi connectivity index (χ1) is 7.97. The monoisotopic (exact) mass is 248 g/mol. The minimum atomic E-state index is -1.18. The average Bonchev–Trinajstić information content (AvgIpc) is 2.26. The van der Waals surface area contributed by atoms with Crippen LogP contribution in [0.1, 0.15) is 6.92 Å². The van der Waals surface area contributed by atoms with Crippen molar-refractivity contribution < 1.29 is 29.0 Å². The predicted octanol–water partition coefficient (Wildman–Crippen LogP) is -1.05. The van der Waals surface area contributed by atoms with Gasteiger partial charge in [0.1, 0.15) is 6.61 Å². The molecule has 98 valence electrons. The fraction of sp³-hybridized carbons (Fsp3) is 0.667. The number of carboxylic acid groups (broad SMARTS) is 1. The third kappa shape index (κ3) is 8.17. The van der Waals surface area contributed by atoms with E-state index in [0.717, 1.165) is 0 Å². The van der Waals surface area contributed by atoms with Crippen molar-refractivity contribution in [2.75, 3.05) is 26.9 Å². The van der Waals surface area contributed by atoms with Gasteiger partial charge in [-0.05, 0) is 6.92 Å². The smallest absolute Gasteiger partial charge is 0.332 e. The number of nitrogens with one attached hydrogen (secondary N) is 2. The van der Waals surface area contributed by atoms with Crippen molar-refractivity contribution in [3.05, 3.63) is 0 Å². The number of urea groups is 1. The third-order valence-electron chi connectivity index (χ3n) is 1.66. The van der Waals surface area contributed by atoms with Crippen molar-refractivity contribution in [3.8, 4) is 0 Å². The maximum Gasteiger partial charge on any atom is 0.332 e. The van der Waals surface area contributed by atoms with Gasteiger partial charge in [-0.2, -0.15) is 0 Å². The zero-order valence-corrected chi connectivity index (χ0v) is 9.69. The summed E-state index contributed by atoms with van der Waals surface area (Å²) in [4.78, 5) is 32.5. The van der Waals surface area contributed by atoms with Crippen molar-refractivity contribution in [2.24, 2.45) is 0 Å². The molecule has 8 nitrogen and oxygen atoms in total. The van der Waals surface area contributed by atoms with Gasteiger partial charge in [0.25, 0.3) is 5.91 Å². The molecule has 0 bridgehead atoms. The fourth-order valence-electron chi connectivity index (χ4n) is 0.746. The van der Waals surface area contributed by atoms with Crippen molar-refractivity contribution >= 4 is 17.9 Å². The van der Waals surface area contributed by atoms with E-state index in [1.54, 1.807) is 0 Å². The zero-order valence-electron chi connectivity index (χ0n) is 9.69. The van der Waals surface area contributed by atoms with Crippen LogP contribution in [0.4, 0.5) is 4.79 Å². The number of hydrogen-bond acceptors (Lipinski definition) is 5. The molecule has 0 aromatic carbocycles. The molecule has 0 aliphatic carbocycles. The molecule has 0 aliphatic rings. The van der Waals surface area contributed by atoms with E-state index < -0.39 is 30.6 Å². The highest BCUT2D eigenvalue weighted by atomic mass is 16.5. The molecule has 0 saturated carbocycles. The van der Waals surface area contributed by atoms with Crippen molar-refractivity contribution in [1.29, 1.82) is 0 Å². The summed E-state index contributed by atoms with van der Waals surface area (Å²) in [5.41, 5.74) is 0. The highest BCUT2D eigenvalue weighted by Gasteiger charge is 2.14. The Labute approximate surface area is 98.3 Å². The summed E-state index contributed by atoms with van der Waals surface area (Å²) in [6, 6.07) is -0.682. The van der Waals surface area contributed by atoms with Gasteiger partial charge in [0.15, 0.2) is 6.10 Å². The van der Waals surface area contributed by atoms with Gasteiger partial charge in [-0.25, -0.2) is 9.59 Å². The molecule has 0 aromatic rings. The number of rotatable bonds is 7. The first-order valence-electron chi connectivity index (χ1n) is 4.88. The minimum Gasteiger partial charge on any atom is -0.479 e. The molecule has 0 saturated heterocycles. The Bertz CT molecular complexity index is 281. The Hall–Kier alpha value is -1.67. The van der Waals surface area contributed by atoms with Gasteiger partial charge >= 0.3 is 12.0 Å². The van der Waals surface area contributed by atoms with Crippen molar-refractivity contribution in [3.63, 3.8) is 0 Å². The summed E-state index contributed by atoms with van der Waals surface area (Å²) in [5.74, 6) is -1.89. The second kappa shape index (κ2) is 8.48. The molecule has 1 atom stereocenters. The number of imide groups is 1. The molecule has 0 rings (SSSR count). The second-order valence-electron chi connectivity index (χ2n) is 3.09. The Morgan fingerprint density at radius 1 is 1.35 bits per heavy atom. The van der Waals surface area contributed by atoms with Gasteiger partial charge in [0.05, 0.1) is 6.61 Å². The molecule has 0 unspecified atom stereocenters. The van der Waals surface area contributed by atoms with Gasteiger partial charge in [-0.1, -0.05) is 0 Å². The van der Waals surface area contributed by atoms with Crippen LogP contribution in [0, 0.1) is 0 Å². The van der Waals surface area contributed by atoms with Gasteiger partial charge < -0.3 is 19.9 Å². The van der Waals surface area contributed by atoms with Crippen LogP contribution >= 0.6 is 0 Å². The molecular formula is C9H16N2O6. The summed E-state index contributed by atoms with van der Waals surface area (Å²) in [5, 5.41) is 12.8. The molecule has 17 heavy (non-hydrogen) atoms. The van der Waals surface area contributed by atoms with Crippen LogP contribution in [-0.2, 0) is 19.1 Å². The van der Waals surface area contributed by atoms with E-state index in [9.17, 15) is 14.4 Å². The maximum atomic E-state index is 11.1. The van der Waals surface area contributed by atoms with Gasteiger partial charge in [0.2, 0.25) is 0 Å². The van der Waals surface area contributed by atoms with Crippen LogP contribution in [-0.4, -0.2) is 56.0 Å². The first-order valence-corrected chi connectivity index (χ1v) is 4.88. The molecule has 0 fully saturated rings. The maximum absolute atomic E-state index is 11.1. The lowest BCUT2D eigenvalue weighted by atomic mass is 10.4. The number of methoxy groups -OCH3 is 1. The first kappa shape index (κ1) is 15.3. The standard InChI is InChI=1S/C9H16N2O6/c1-6(8(13)14)17-5-7(12)11-9(15)10-3-4-16-2/h6H,3-5H2,1-2H3,(H,13,14)(H2,10,11,12,15)/t6-/m1/s1. The van der Waals surface area contributed by atoms with Crippen LogP contribution in [0.5, 0.6) is 0 Å². The lowest BCUT2D eigenvalue weighted by Gasteiger charge is -2.09. The summed E-state index contributed by atoms with van der Waals surface area (Å²) >= 11 is 0. The van der Waals surface area contributed by atoms with Crippen LogP contribution < -0.4 is 10.6 Å². The summed E-state index contributed by atoms with van der Waals surface area (Å²) in [6.07, 6.45) is -1.10. The van der Waals surface area contributed by atoms with E-state index in [-0.39, 0.29) is 6.54 Å². The number of carbonyl (C=O) groups excluding carboxylic acids is 2. The molecule has 3 N–H and O–H groups in total. The van der Waals surface area contributed by atoms with Crippen LogP contribution in [0.15, 0.2) is 0 Å². The van der Waals surface area contributed by atoms with E-state index in [1.165, 1.54) is 14.0 Å². The quantitative estimate of drug-likeness (QED) is 0.495. The number of carbonyl (C=O) groups is 3. The molecule has 0 spiro atoms. The Morgan fingerprint density at radius 2 is 2.00 bits per heavy atom. The van der Waals surface area contributed by atoms with E-state index in [1.807, 2.05) is 5.32 Å². The van der Waals surface area contributed by atoms with Gasteiger partial charge in [-0.15, -0.1) is 0 Å². The third-order valence-corrected chi connectivity index (χ3v) is 1.66. The van der Waals surface area contributed by atoms with E-state index in [4.69, 9.17) is 5.11 Å². The highest BCUT2D eigenvalue weighted by molar-refractivity contribution is 5.94. The lowest BCUT2D eigenvalue weighted by molar-refractivity contribution is -0.150. The summed E-state index contributed by atoms with van der Waals surface area (Å²) in [7, 11) is 1.48.